The fourth-order valence-electron chi connectivity index (χ4n) is 1.38. The van der Waals surface area contributed by atoms with Crippen molar-refractivity contribution in [2.75, 3.05) is 11.6 Å². The molecule has 0 atom stereocenters. The predicted molar refractivity (Wildman–Crippen MR) is 68.8 cm³/mol. The van der Waals surface area contributed by atoms with E-state index in [4.69, 9.17) is 0 Å². The van der Waals surface area contributed by atoms with Crippen LogP contribution in [-0.4, -0.2) is 11.8 Å². The monoisotopic (exact) mass is 217 g/mol. The van der Waals surface area contributed by atoms with Crippen LogP contribution >= 0.6 is 0 Å². The Hall–Kier alpha value is -1.54. The number of anilines is 1. The van der Waals surface area contributed by atoms with Crippen molar-refractivity contribution in [1.29, 1.82) is 0 Å². The quantitative estimate of drug-likeness (QED) is 0.426. The number of hydroxylamine groups is 1. The second-order valence-corrected chi connectivity index (χ2v) is 3.61. The first-order valence-electron chi connectivity index (χ1n) is 5.62. The molecule has 0 amide bonds. The Morgan fingerprint density at radius 1 is 1.12 bits per heavy atom. The second-order valence-electron chi connectivity index (χ2n) is 3.61. The van der Waals surface area contributed by atoms with Gasteiger partial charge in [0, 0.05) is 0 Å². The molecule has 1 aromatic rings. The summed E-state index contributed by atoms with van der Waals surface area (Å²) in [6, 6.07) is 9.51. The lowest BCUT2D eigenvalue weighted by molar-refractivity contribution is 0.266. The van der Waals surface area contributed by atoms with E-state index in [-0.39, 0.29) is 0 Å². The van der Waals surface area contributed by atoms with Gasteiger partial charge in [0.1, 0.15) is 0 Å². The molecule has 1 aromatic carbocycles. The number of nitrogens with zero attached hydrogens (tertiary/aromatic N) is 1. The Morgan fingerprint density at radius 2 is 1.88 bits per heavy atom. The summed E-state index contributed by atoms with van der Waals surface area (Å²) in [5.41, 5.74) is 0.818. The zero-order valence-electron chi connectivity index (χ0n) is 9.55. The number of hydrogen-bond donors (Lipinski definition) is 1. The average Bonchev–Trinajstić information content (AvgIpc) is 2.34. The standard InChI is InChI=1S/C14H19NO/c1-2-3-4-5-6-10-13-15(16)14-11-8-7-9-12-14/h2,6-12,16H,1,3-5,13H2. The topological polar surface area (TPSA) is 23.5 Å². The lowest BCUT2D eigenvalue weighted by atomic mass is 10.2. The molecular weight excluding hydrogens is 198 g/mol. The Balaban J connectivity index is 2.25. The molecule has 1 N–H and O–H groups in total. The molecule has 1 rings (SSSR count). The molecule has 2 nitrogen and oxygen atoms in total. The summed E-state index contributed by atoms with van der Waals surface area (Å²) >= 11 is 0. The first kappa shape index (κ1) is 12.5. The van der Waals surface area contributed by atoms with Crippen molar-refractivity contribution in [3.05, 3.63) is 55.1 Å². The lowest BCUT2D eigenvalue weighted by Gasteiger charge is -2.14. The van der Waals surface area contributed by atoms with Crippen LogP contribution in [0.3, 0.4) is 0 Å². The summed E-state index contributed by atoms with van der Waals surface area (Å²) in [6.07, 6.45) is 9.21. The van der Waals surface area contributed by atoms with E-state index in [0.717, 1.165) is 24.9 Å². The lowest BCUT2D eigenvalue weighted by Crippen LogP contribution is -2.17. The fourth-order valence-corrected chi connectivity index (χ4v) is 1.38. The molecule has 0 heterocycles. The van der Waals surface area contributed by atoms with Crippen molar-refractivity contribution in [3.63, 3.8) is 0 Å². The third kappa shape index (κ3) is 4.80. The van der Waals surface area contributed by atoms with E-state index in [2.05, 4.69) is 12.7 Å². The van der Waals surface area contributed by atoms with Gasteiger partial charge in [-0.2, -0.15) is 0 Å². The van der Waals surface area contributed by atoms with Gasteiger partial charge in [-0.25, -0.2) is 0 Å². The highest BCUT2D eigenvalue weighted by molar-refractivity contribution is 5.43. The second kappa shape index (κ2) is 7.71. The highest BCUT2D eigenvalue weighted by Crippen LogP contribution is 2.10. The molecule has 86 valence electrons. The molecule has 0 aliphatic heterocycles. The number of rotatable bonds is 7. The van der Waals surface area contributed by atoms with E-state index in [1.807, 2.05) is 42.5 Å². The molecule has 0 fully saturated rings. The minimum atomic E-state index is 0.526. The molecule has 0 aromatic heterocycles. The molecule has 0 bridgehead atoms. The fraction of sp³-hybridized carbons (Fsp3) is 0.286. The highest BCUT2D eigenvalue weighted by Gasteiger charge is 1.97. The number of para-hydroxylation sites is 1. The van der Waals surface area contributed by atoms with Crippen molar-refractivity contribution in [1.82, 2.24) is 0 Å². The molecule has 16 heavy (non-hydrogen) atoms. The van der Waals surface area contributed by atoms with E-state index in [1.165, 1.54) is 5.06 Å². The molecule has 2 heteroatoms. The maximum absolute atomic E-state index is 9.69. The third-order valence-electron chi connectivity index (χ3n) is 2.28. The van der Waals surface area contributed by atoms with Crippen molar-refractivity contribution in [3.8, 4) is 0 Å². The summed E-state index contributed by atoms with van der Waals surface area (Å²) in [5, 5.41) is 10.9. The van der Waals surface area contributed by atoms with Gasteiger partial charge in [0.15, 0.2) is 0 Å². The van der Waals surface area contributed by atoms with E-state index in [1.54, 1.807) is 0 Å². The van der Waals surface area contributed by atoms with Gasteiger partial charge < -0.3 is 0 Å². The molecule has 0 spiro atoms. The number of hydrogen-bond acceptors (Lipinski definition) is 2. The van der Waals surface area contributed by atoms with Crippen molar-refractivity contribution in [2.45, 2.75) is 19.3 Å². The zero-order chi connectivity index (χ0) is 11.6. The van der Waals surface area contributed by atoms with E-state index in [0.29, 0.717) is 6.54 Å². The minimum absolute atomic E-state index is 0.526. The molecule has 0 radical (unpaired) electrons. The molecule has 0 saturated carbocycles. The number of unbranched alkanes of at least 4 members (excludes halogenated alkanes) is 2. The Bertz CT molecular complexity index is 319. The van der Waals surface area contributed by atoms with E-state index >= 15 is 0 Å². The molecule has 0 saturated heterocycles. The smallest absolute Gasteiger partial charge is 0.0637 e. The maximum atomic E-state index is 9.69. The van der Waals surface area contributed by atoms with Crippen LogP contribution in [0, 0.1) is 0 Å². The largest absolute Gasteiger partial charge is 0.288 e. The van der Waals surface area contributed by atoms with Gasteiger partial charge in [0.25, 0.3) is 0 Å². The van der Waals surface area contributed by atoms with Crippen molar-refractivity contribution < 1.29 is 5.21 Å². The van der Waals surface area contributed by atoms with Crippen LogP contribution in [0.5, 0.6) is 0 Å². The summed E-state index contributed by atoms with van der Waals surface area (Å²) in [6.45, 7) is 4.20. The Kier molecular flexibility index (Phi) is 6.04. The van der Waals surface area contributed by atoms with E-state index < -0.39 is 0 Å². The summed E-state index contributed by atoms with van der Waals surface area (Å²) in [5.74, 6) is 0. The van der Waals surface area contributed by atoms with Gasteiger partial charge in [-0.3, -0.25) is 10.3 Å². The number of allylic oxidation sites excluding steroid dienone is 2. The van der Waals surface area contributed by atoms with Crippen LogP contribution in [0.4, 0.5) is 5.69 Å². The van der Waals surface area contributed by atoms with Crippen LogP contribution in [0.15, 0.2) is 55.1 Å². The molecule has 0 aliphatic carbocycles. The first-order chi connectivity index (χ1) is 7.84. The van der Waals surface area contributed by atoms with Crippen molar-refractivity contribution in [2.24, 2.45) is 0 Å². The Morgan fingerprint density at radius 3 is 2.56 bits per heavy atom. The highest BCUT2D eigenvalue weighted by atomic mass is 16.5. The predicted octanol–water partition coefficient (Wildman–Crippen LogP) is 3.79. The minimum Gasteiger partial charge on any atom is -0.288 e. The van der Waals surface area contributed by atoms with Gasteiger partial charge in [0.05, 0.1) is 12.2 Å². The van der Waals surface area contributed by atoms with Gasteiger partial charge in [-0.1, -0.05) is 36.4 Å². The average molecular weight is 217 g/mol. The zero-order valence-corrected chi connectivity index (χ0v) is 9.55. The molecular formula is C14H19NO. The van der Waals surface area contributed by atoms with Crippen LogP contribution in [-0.2, 0) is 0 Å². The van der Waals surface area contributed by atoms with Gasteiger partial charge >= 0.3 is 0 Å². The normalized spacial score (nSPS) is 10.6. The van der Waals surface area contributed by atoms with Crippen LogP contribution in [0.2, 0.25) is 0 Å². The summed E-state index contributed by atoms with van der Waals surface area (Å²) in [7, 11) is 0. The first-order valence-corrected chi connectivity index (χ1v) is 5.62. The van der Waals surface area contributed by atoms with Crippen molar-refractivity contribution >= 4 is 5.69 Å². The number of benzene rings is 1. The van der Waals surface area contributed by atoms with Gasteiger partial charge in [0.2, 0.25) is 0 Å². The molecule has 0 unspecified atom stereocenters. The van der Waals surface area contributed by atoms with Crippen LogP contribution < -0.4 is 5.06 Å². The van der Waals surface area contributed by atoms with Gasteiger partial charge in [-0.15, -0.1) is 6.58 Å². The summed E-state index contributed by atoms with van der Waals surface area (Å²) in [4.78, 5) is 0. The van der Waals surface area contributed by atoms with Gasteiger partial charge in [-0.05, 0) is 31.4 Å². The van der Waals surface area contributed by atoms with Crippen LogP contribution in [0.25, 0.3) is 0 Å². The maximum Gasteiger partial charge on any atom is 0.0637 e. The van der Waals surface area contributed by atoms with E-state index in [9.17, 15) is 5.21 Å². The summed E-state index contributed by atoms with van der Waals surface area (Å²) < 4.78 is 0. The van der Waals surface area contributed by atoms with Crippen LogP contribution in [0.1, 0.15) is 19.3 Å². The SMILES string of the molecule is C=CCCCC=CCN(O)c1ccccc1. The third-order valence-corrected chi connectivity index (χ3v) is 2.28. The molecule has 0 aliphatic rings. The Labute approximate surface area is 97.5 Å².